The van der Waals surface area contributed by atoms with E-state index in [1.807, 2.05) is 24.3 Å². The molecule has 144 valence electrons. The molecule has 0 aliphatic carbocycles. The third-order valence-electron chi connectivity index (χ3n) is 4.38. The summed E-state index contributed by atoms with van der Waals surface area (Å²) in [6.45, 7) is 4.07. The van der Waals surface area contributed by atoms with E-state index in [1.54, 1.807) is 29.2 Å². The number of aromatic nitrogens is 1. The van der Waals surface area contributed by atoms with Gasteiger partial charge in [0.2, 0.25) is 0 Å². The number of nitrogens with zero attached hydrogens (tertiary/aromatic N) is 3. The molecule has 0 N–H and O–H groups in total. The van der Waals surface area contributed by atoms with Gasteiger partial charge in [0.1, 0.15) is 11.4 Å². The van der Waals surface area contributed by atoms with Gasteiger partial charge >= 0.3 is 6.09 Å². The Morgan fingerprint density at radius 2 is 1.78 bits per heavy atom. The van der Waals surface area contributed by atoms with Gasteiger partial charge in [-0.05, 0) is 24.6 Å². The third kappa shape index (κ3) is 4.77. The van der Waals surface area contributed by atoms with Gasteiger partial charge in [-0.25, -0.2) is 9.78 Å². The number of carbonyl (C=O) groups is 2. The minimum Gasteiger partial charge on any atom is -0.497 e. The quantitative estimate of drug-likeness (QED) is 0.786. The molecule has 2 amide bonds. The Morgan fingerprint density at radius 1 is 1.11 bits per heavy atom. The lowest BCUT2D eigenvalue weighted by Gasteiger charge is -2.33. The number of hydrogen-bond acceptors (Lipinski definition) is 6. The molecular formula is C19H23N3O4S. The molecule has 0 unspecified atom stereocenters. The molecule has 0 saturated carbocycles. The number of amides is 2. The van der Waals surface area contributed by atoms with Gasteiger partial charge < -0.3 is 19.3 Å². The number of rotatable bonds is 5. The lowest BCUT2D eigenvalue weighted by Crippen LogP contribution is -2.50. The maximum absolute atomic E-state index is 12.7. The summed E-state index contributed by atoms with van der Waals surface area (Å²) in [5, 5.41) is 2.70. The number of ether oxygens (including phenoxy) is 2. The molecule has 1 fully saturated rings. The SMILES string of the molecule is CCOC(=O)N1CCN(C(=O)c2csc(Cc3ccc(OC)cc3)n2)CC1. The van der Waals surface area contributed by atoms with Gasteiger partial charge in [-0.1, -0.05) is 12.1 Å². The zero-order chi connectivity index (χ0) is 19.2. The van der Waals surface area contributed by atoms with E-state index < -0.39 is 0 Å². The molecule has 1 saturated heterocycles. The van der Waals surface area contributed by atoms with Gasteiger partial charge in [-0.2, -0.15) is 0 Å². The minimum absolute atomic E-state index is 0.0873. The fraction of sp³-hybridized carbons (Fsp3) is 0.421. The Hall–Kier alpha value is -2.61. The van der Waals surface area contributed by atoms with Gasteiger partial charge in [0.25, 0.3) is 5.91 Å². The molecule has 0 radical (unpaired) electrons. The van der Waals surface area contributed by atoms with E-state index in [4.69, 9.17) is 9.47 Å². The summed E-state index contributed by atoms with van der Waals surface area (Å²) in [6, 6.07) is 7.82. The summed E-state index contributed by atoms with van der Waals surface area (Å²) < 4.78 is 10.2. The number of carbonyl (C=O) groups excluding carboxylic acids is 2. The van der Waals surface area contributed by atoms with E-state index in [-0.39, 0.29) is 12.0 Å². The maximum atomic E-state index is 12.7. The van der Waals surface area contributed by atoms with E-state index in [0.29, 0.717) is 44.9 Å². The monoisotopic (exact) mass is 389 g/mol. The first-order valence-electron chi connectivity index (χ1n) is 8.89. The van der Waals surface area contributed by atoms with Crippen molar-refractivity contribution in [1.82, 2.24) is 14.8 Å². The highest BCUT2D eigenvalue weighted by Crippen LogP contribution is 2.19. The molecule has 3 rings (SSSR count). The van der Waals surface area contributed by atoms with Gasteiger partial charge in [-0.3, -0.25) is 4.79 Å². The Kier molecular flexibility index (Phi) is 6.28. The van der Waals surface area contributed by atoms with Crippen molar-refractivity contribution in [3.63, 3.8) is 0 Å². The Bertz CT molecular complexity index is 783. The fourth-order valence-electron chi connectivity index (χ4n) is 2.88. The Balaban J connectivity index is 1.56. The molecule has 2 aromatic rings. The molecule has 7 nitrogen and oxygen atoms in total. The van der Waals surface area contributed by atoms with Crippen LogP contribution in [0, 0.1) is 0 Å². The van der Waals surface area contributed by atoms with Crippen molar-refractivity contribution < 1.29 is 19.1 Å². The summed E-state index contributed by atoms with van der Waals surface area (Å²) in [6.07, 6.45) is 0.360. The first-order valence-corrected chi connectivity index (χ1v) is 9.77. The van der Waals surface area contributed by atoms with Crippen LogP contribution >= 0.6 is 11.3 Å². The average Bonchev–Trinajstić information content (AvgIpc) is 3.17. The predicted molar refractivity (Wildman–Crippen MR) is 102 cm³/mol. The lowest BCUT2D eigenvalue weighted by molar-refractivity contribution is 0.0566. The van der Waals surface area contributed by atoms with Crippen LogP contribution in [0.3, 0.4) is 0 Å². The van der Waals surface area contributed by atoms with Crippen LogP contribution < -0.4 is 4.74 Å². The van der Waals surface area contributed by atoms with Crippen molar-refractivity contribution in [3.05, 3.63) is 45.9 Å². The molecule has 1 aliphatic rings. The summed E-state index contributed by atoms with van der Waals surface area (Å²) in [5.74, 6) is 0.728. The number of benzene rings is 1. The van der Waals surface area contributed by atoms with Crippen LogP contribution in [0.1, 0.15) is 28.0 Å². The molecule has 1 aromatic carbocycles. The third-order valence-corrected chi connectivity index (χ3v) is 5.23. The second-order valence-corrected chi connectivity index (χ2v) is 7.07. The molecule has 8 heteroatoms. The molecule has 1 aliphatic heterocycles. The van der Waals surface area contributed by atoms with Crippen molar-refractivity contribution in [2.45, 2.75) is 13.3 Å². The smallest absolute Gasteiger partial charge is 0.409 e. The highest BCUT2D eigenvalue weighted by atomic mass is 32.1. The summed E-state index contributed by atoms with van der Waals surface area (Å²) >= 11 is 1.48. The molecular weight excluding hydrogens is 366 g/mol. The van der Waals surface area contributed by atoms with E-state index in [0.717, 1.165) is 16.3 Å². The normalized spacial score (nSPS) is 14.1. The first-order chi connectivity index (χ1) is 13.1. The number of hydrogen-bond donors (Lipinski definition) is 0. The summed E-state index contributed by atoms with van der Waals surface area (Å²) in [7, 11) is 1.64. The van der Waals surface area contributed by atoms with Crippen molar-refractivity contribution in [3.8, 4) is 5.75 Å². The van der Waals surface area contributed by atoms with E-state index >= 15 is 0 Å². The first kappa shape index (κ1) is 19.2. The van der Waals surface area contributed by atoms with Crippen molar-refractivity contribution in [2.75, 3.05) is 39.9 Å². The largest absolute Gasteiger partial charge is 0.497 e. The molecule has 0 atom stereocenters. The van der Waals surface area contributed by atoms with Crippen molar-refractivity contribution in [1.29, 1.82) is 0 Å². The van der Waals surface area contributed by atoms with Crippen LogP contribution in [0.4, 0.5) is 4.79 Å². The van der Waals surface area contributed by atoms with Crippen molar-refractivity contribution >= 4 is 23.3 Å². The fourth-order valence-corrected chi connectivity index (χ4v) is 3.68. The number of piperazine rings is 1. The zero-order valence-corrected chi connectivity index (χ0v) is 16.3. The number of methoxy groups -OCH3 is 1. The van der Waals surface area contributed by atoms with Crippen LogP contribution in [-0.2, 0) is 11.2 Å². The molecule has 0 bridgehead atoms. The van der Waals surface area contributed by atoms with E-state index in [2.05, 4.69) is 4.98 Å². The standard InChI is InChI=1S/C19H23N3O4S/c1-3-26-19(24)22-10-8-21(9-11-22)18(23)16-13-27-17(20-16)12-14-4-6-15(25-2)7-5-14/h4-7,13H,3,8-12H2,1-2H3. The second-order valence-electron chi connectivity index (χ2n) is 6.13. The zero-order valence-electron chi connectivity index (χ0n) is 15.5. The van der Waals surface area contributed by atoms with Gasteiger partial charge in [0.15, 0.2) is 0 Å². The van der Waals surface area contributed by atoms with Crippen LogP contribution in [-0.4, -0.2) is 66.7 Å². The van der Waals surface area contributed by atoms with E-state index in [1.165, 1.54) is 11.3 Å². The Morgan fingerprint density at radius 3 is 2.41 bits per heavy atom. The topological polar surface area (TPSA) is 72.0 Å². The second kappa shape index (κ2) is 8.85. The van der Waals surface area contributed by atoms with Crippen LogP contribution in [0.15, 0.2) is 29.6 Å². The summed E-state index contributed by atoms with van der Waals surface area (Å²) in [5.41, 5.74) is 1.58. The molecule has 27 heavy (non-hydrogen) atoms. The molecule has 2 heterocycles. The molecule has 1 aromatic heterocycles. The van der Waals surface area contributed by atoms with Crippen LogP contribution in [0.25, 0.3) is 0 Å². The van der Waals surface area contributed by atoms with Gasteiger partial charge in [-0.15, -0.1) is 11.3 Å². The average molecular weight is 389 g/mol. The maximum Gasteiger partial charge on any atom is 0.409 e. The van der Waals surface area contributed by atoms with E-state index in [9.17, 15) is 9.59 Å². The van der Waals surface area contributed by atoms with Crippen molar-refractivity contribution in [2.24, 2.45) is 0 Å². The lowest BCUT2D eigenvalue weighted by atomic mass is 10.1. The highest BCUT2D eigenvalue weighted by Gasteiger charge is 2.26. The highest BCUT2D eigenvalue weighted by molar-refractivity contribution is 7.09. The summed E-state index contributed by atoms with van der Waals surface area (Å²) in [4.78, 5) is 32.3. The minimum atomic E-state index is -0.319. The molecule has 0 spiro atoms. The van der Waals surface area contributed by atoms with Gasteiger partial charge in [0.05, 0.1) is 18.7 Å². The number of thiazole rings is 1. The predicted octanol–water partition coefficient (Wildman–Crippen LogP) is 2.66. The van der Waals surface area contributed by atoms with Crippen LogP contribution in [0.5, 0.6) is 5.75 Å². The van der Waals surface area contributed by atoms with Crippen LogP contribution in [0.2, 0.25) is 0 Å². The Labute approximate surface area is 162 Å². The van der Waals surface area contributed by atoms with Gasteiger partial charge in [0, 0.05) is 38.0 Å².